The lowest BCUT2D eigenvalue weighted by Gasteiger charge is -2.28. The molecule has 6 nitrogen and oxygen atoms in total. The smallest absolute Gasteiger partial charge is 0.383 e. The van der Waals surface area contributed by atoms with Crippen molar-refractivity contribution >= 4 is 11.8 Å². The quantitative estimate of drug-likeness (QED) is 0.605. The first kappa shape index (κ1) is 22.9. The molecular weight excluding hydrogens is 411 g/mol. The van der Waals surface area contributed by atoms with E-state index in [4.69, 9.17) is 4.74 Å². The summed E-state index contributed by atoms with van der Waals surface area (Å²) < 4.78 is 46.1. The van der Waals surface area contributed by atoms with Crippen molar-refractivity contribution in [3.63, 3.8) is 0 Å². The van der Waals surface area contributed by atoms with E-state index in [9.17, 15) is 22.8 Å². The van der Waals surface area contributed by atoms with Crippen LogP contribution in [0.4, 0.5) is 13.2 Å². The number of nitrogens with zero attached hydrogens (tertiary/aromatic N) is 3. The molecule has 0 atom stereocenters. The fourth-order valence-corrected chi connectivity index (χ4v) is 3.36. The molecular formula is C22H26F3N3O3. The van der Waals surface area contributed by atoms with Crippen LogP contribution in [0.15, 0.2) is 42.6 Å². The first-order valence-electron chi connectivity index (χ1n) is 10.1. The third kappa shape index (κ3) is 5.88. The first-order chi connectivity index (χ1) is 14.7. The van der Waals surface area contributed by atoms with Gasteiger partial charge in [0.25, 0.3) is 5.91 Å². The van der Waals surface area contributed by atoms with Crippen LogP contribution in [-0.4, -0.2) is 59.0 Å². The number of alkyl halides is 3. The molecule has 0 N–H and O–H groups in total. The Kier molecular flexibility index (Phi) is 7.04. The summed E-state index contributed by atoms with van der Waals surface area (Å²) in [6.45, 7) is 0.460. The molecule has 0 bridgehead atoms. The number of aromatic nitrogens is 1. The molecule has 0 saturated heterocycles. The molecule has 1 fully saturated rings. The van der Waals surface area contributed by atoms with Gasteiger partial charge in [0.1, 0.15) is 6.54 Å². The Balaban J connectivity index is 1.77. The molecule has 1 heterocycles. The third-order valence-corrected chi connectivity index (χ3v) is 5.31. The monoisotopic (exact) mass is 437 g/mol. The molecule has 0 unspecified atom stereocenters. The largest absolute Gasteiger partial charge is 0.416 e. The molecule has 1 aromatic heterocycles. The molecule has 1 aliphatic rings. The number of halogens is 3. The van der Waals surface area contributed by atoms with Crippen LogP contribution in [-0.2, 0) is 29.3 Å². The average molecular weight is 437 g/mol. The summed E-state index contributed by atoms with van der Waals surface area (Å²) in [4.78, 5) is 29.1. The Labute approximate surface area is 179 Å². The number of hydrogen-bond donors (Lipinski definition) is 0. The van der Waals surface area contributed by atoms with Crippen molar-refractivity contribution in [1.82, 2.24) is 14.4 Å². The molecule has 9 heteroatoms. The van der Waals surface area contributed by atoms with E-state index in [1.807, 2.05) is 29.9 Å². The molecule has 2 aromatic rings. The normalized spacial score (nSPS) is 13.8. The number of rotatable bonds is 9. The second kappa shape index (κ2) is 9.55. The number of hydrogen-bond acceptors (Lipinski definition) is 3. The highest BCUT2D eigenvalue weighted by molar-refractivity contribution is 5.96. The SMILES string of the molecule is COCCN(CC(=O)N(Cc1cccn1C)C1CC1)C(=O)c1cccc(C(F)(F)F)c1. The molecule has 31 heavy (non-hydrogen) atoms. The number of carbonyl (C=O) groups is 2. The van der Waals surface area contributed by atoms with Gasteiger partial charge in [-0.25, -0.2) is 0 Å². The molecule has 1 aliphatic carbocycles. The first-order valence-corrected chi connectivity index (χ1v) is 10.1. The van der Waals surface area contributed by atoms with Crippen LogP contribution in [0.1, 0.15) is 34.5 Å². The predicted molar refractivity (Wildman–Crippen MR) is 108 cm³/mol. The number of ether oxygens (including phenoxy) is 1. The van der Waals surface area contributed by atoms with Gasteiger partial charge in [-0.2, -0.15) is 13.2 Å². The summed E-state index contributed by atoms with van der Waals surface area (Å²) in [6, 6.07) is 8.19. The summed E-state index contributed by atoms with van der Waals surface area (Å²) in [6.07, 6.45) is -0.861. The maximum Gasteiger partial charge on any atom is 0.416 e. The van der Waals surface area contributed by atoms with Gasteiger partial charge in [-0.3, -0.25) is 9.59 Å². The molecule has 1 saturated carbocycles. The van der Waals surface area contributed by atoms with Crippen LogP contribution in [0.2, 0.25) is 0 Å². The topological polar surface area (TPSA) is 54.8 Å². The van der Waals surface area contributed by atoms with Crippen molar-refractivity contribution in [2.24, 2.45) is 7.05 Å². The van der Waals surface area contributed by atoms with Crippen LogP contribution >= 0.6 is 0 Å². The Bertz CT molecular complexity index is 922. The van der Waals surface area contributed by atoms with Gasteiger partial charge in [-0.05, 0) is 43.2 Å². The fourth-order valence-electron chi connectivity index (χ4n) is 3.36. The summed E-state index contributed by atoms with van der Waals surface area (Å²) in [5.41, 5.74) is -0.0493. The van der Waals surface area contributed by atoms with Crippen molar-refractivity contribution in [1.29, 1.82) is 0 Å². The Morgan fingerprint density at radius 2 is 1.94 bits per heavy atom. The minimum atomic E-state index is -4.55. The van der Waals surface area contributed by atoms with E-state index in [0.717, 1.165) is 30.7 Å². The van der Waals surface area contributed by atoms with Crippen molar-refractivity contribution in [2.45, 2.75) is 31.6 Å². The number of methoxy groups -OCH3 is 1. The van der Waals surface area contributed by atoms with Crippen LogP contribution in [0, 0.1) is 0 Å². The van der Waals surface area contributed by atoms with Crippen molar-refractivity contribution in [2.75, 3.05) is 26.8 Å². The van der Waals surface area contributed by atoms with Crippen molar-refractivity contribution in [3.8, 4) is 0 Å². The molecule has 168 valence electrons. The van der Waals surface area contributed by atoms with Crippen molar-refractivity contribution < 1.29 is 27.5 Å². The van der Waals surface area contributed by atoms with Gasteiger partial charge in [0.05, 0.1) is 18.7 Å². The standard InChI is InChI=1S/C22H26F3N3O3/c1-26-10-4-7-19(26)14-28(18-8-9-18)20(29)15-27(11-12-31-2)21(30)16-5-3-6-17(13-16)22(23,24)25/h3-7,10,13,18H,8-9,11-12,14-15H2,1-2H3. The summed E-state index contributed by atoms with van der Waals surface area (Å²) in [5.74, 6) is -0.869. The lowest BCUT2D eigenvalue weighted by molar-refractivity contribution is -0.137. The predicted octanol–water partition coefficient (Wildman–Crippen LogP) is 3.32. The van der Waals surface area contributed by atoms with Crippen LogP contribution in [0.25, 0.3) is 0 Å². The molecule has 0 radical (unpaired) electrons. The third-order valence-electron chi connectivity index (χ3n) is 5.31. The van der Waals surface area contributed by atoms with Crippen LogP contribution in [0.5, 0.6) is 0 Å². The number of benzene rings is 1. The highest BCUT2D eigenvalue weighted by Gasteiger charge is 2.35. The molecule has 0 aliphatic heterocycles. The number of amides is 2. The highest BCUT2D eigenvalue weighted by Crippen LogP contribution is 2.30. The van der Waals surface area contributed by atoms with E-state index in [1.54, 1.807) is 4.90 Å². The average Bonchev–Trinajstić information content (AvgIpc) is 3.49. The van der Waals surface area contributed by atoms with E-state index in [2.05, 4.69) is 0 Å². The maximum atomic E-state index is 13.1. The lowest BCUT2D eigenvalue weighted by atomic mass is 10.1. The Morgan fingerprint density at radius 3 is 2.52 bits per heavy atom. The molecule has 3 rings (SSSR count). The summed E-state index contributed by atoms with van der Waals surface area (Å²) in [5, 5.41) is 0. The van der Waals surface area contributed by atoms with Gasteiger partial charge in [-0.1, -0.05) is 6.07 Å². The van der Waals surface area contributed by atoms with Gasteiger partial charge in [0, 0.05) is 44.2 Å². The summed E-state index contributed by atoms with van der Waals surface area (Å²) >= 11 is 0. The van der Waals surface area contributed by atoms with E-state index in [1.165, 1.54) is 24.1 Å². The van der Waals surface area contributed by atoms with Crippen LogP contribution in [0.3, 0.4) is 0 Å². The zero-order valence-corrected chi connectivity index (χ0v) is 17.6. The minimum absolute atomic E-state index is 0.0972. The highest BCUT2D eigenvalue weighted by atomic mass is 19.4. The minimum Gasteiger partial charge on any atom is -0.383 e. The van der Waals surface area contributed by atoms with Gasteiger partial charge in [-0.15, -0.1) is 0 Å². The summed E-state index contributed by atoms with van der Waals surface area (Å²) in [7, 11) is 3.35. The maximum absolute atomic E-state index is 13.1. The van der Waals surface area contributed by atoms with E-state index < -0.39 is 17.6 Å². The Morgan fingerprint density at radius 1 is 1.19 bits per heavy atom. The molecule has 1 aromatic carbocycles. The van der Waals surface area contributed by atoms with E-state index in [-0.39, 0.29) is 37.2 Å². The molecule has 2 amide bonds. The second-order valence-corrected chi connectivity index (χ2v) is 7.66. The second-order valence-electron chi connectivity index (χ2n) is 7.66. The van der Waals surface area contributed by atoms with Gasteiger partial charge >= 0.3 is 6.18 Å². The van der Waals surface area contributed by atoms with Gasteiger partial charge in [0.15, 0.2) is 0 Å². The van der Waals surface area contributed by atoms with E-state index >= 15 is 0 Å². The fraction of sp³-hybridized carbons (Fsp3) is 0.455. The van der Waals surface area contributed by atoms with Gasteiger partial charge < -0.3 is 19.1 Å². The van der Waals surface area contributed by atoms with Crippen molar-refractivity contribution in [3.05, 3.63) is 59.4 Å². The number of carbonyl (C=O) groups excluding carboxylic acids is 2. The zero-order chi connectivity index (χ0) is 22.6. The van der Waals surface area contributed by atoms with E-state index in [0.29, 0.717) is 6.54 Å². The Hall–Kier alpha value is -2.81. The van der Waals surface area contributed by atoms with Crippen LogP contribution < -0.4 is 0 Å². The molecule has 0 spiro atoms. The lowest BCUT2D eigenvalue weighted by Crippen LogP contribution is -2.45. The number of aryl methyl sites for hydroxylation is 1. The van der Waals surface area contributed by atoms with Gasteiger partial charge in [0.2, 0.25) is 5.91 Å². The zero-order valence-electron chi connectivity index (χ0n) is 17.6.